The Labute approximate surface area is 175 Å². The fourth-order valence-electron chi connectivity index (χ4n) is 2.84. The third-order valence-corrected chi connectivity index (χ3v) is 4.30. The molecule has 0 fully saturated rings. The molecule has 0 saturated heterocycles. The summed E-state index contributed by atoms with van der Waals surface area (Å²) in [6, 6.07) is 0. The molecule has 0 aromatic carbocycles. The summed E-state index contributed by atoms with van der Waals surface area (Å²) >= 11 is 0. The Balaban J connectivity index is 0. The van der Waals surface area contributed by atoms with E-state index < -0.39 is 11.9 Å². The molecule has 0 atom stereocenters. The summed E-state index contributed by atoms with van der Waals surface area (Å²) < 4.78 is 0. The first-order valence-electron chi connectivity index (χ1n) is 9.44. The van der Waals surface area contributed by atoms with Crippen molar-refractivity contribution >= 4 is 41.5 Å². The van der Waals surface area contributed by atoms with Crippen LogP contribution < -0.4 is 0 Å². The second kappa shape index (κ2) is 15.9. The first-order valence-corrected chi connectivity index (χ1v) is 9.44. The zero-order valence-corrected chi connectivity index (χ0v) is 15.9. The van der Waals surface area contributed by atoms with Crippen molar-refractivity contribution in [2.24, 2.45) is 11.8 Å². The first-order chi connectivity index (χ1) is 11.3. The van der Waals surface area contributed by atoms with Gasteiger partial charge in [0.25, 0.3) is 0 Å². The van der Waals surface area contributed by atoms with E-state index in [0.29, 0.717) is 24.7 Å². The van der Waals surface area contributed by atoms with Crippen molar-refractivity contribution < 1.29 is 19.8 Å². The van der Waals surface area contributed by atoms with Crippen molar-refractivity contribution in [2.45, 2.75) is 91.9 Å². The average molecular weight is 365 g/mol. The van der Waals surface area contributed by atoms with Gasteiger partial charge in [0.15, 0.2) is 0 Å². The van der Waals surface area contributed by atoms with Crippen LogP contribution in [0.1, 0.15) is 91.9 Å². The van der Waals surface area contributed by atoms with Crippen molar-refractivity contribution in [3.8, 4) is 0 Å². The molecule has 2 N–H and O–H groups in total. The van der Waals surface area contributed by atoms with E-state index in [1.54, 1.807) is 0 Å². The van der Waals surface area contributed by atoms with Crippen LogP contribution in [0.4, 0.5) is 0 Å². The Morgan fingerprint density at radius 2 is 0.960 bits per heavy atom. The van der Waals surface area contributed by atoms with Crippen LogP contribution in [0.25, 0.3) is 0 Å². The van der Waals surface area contributed by atoms with Crippen molar-refractivity contribution in [3.63, 3.8) is 0 Å². The molecule has 0 rings (SSSR count). The van der Waals surface area contributed by atoms with Crippen LogP contribution in [-0.2, 0) is 9.59 Å². The summed E-state index contributed by atoms with van der Waals surface area (Å²) in [5.74, 6) is -0.836. The molecule has 142 valence electrons. The molecule has 0 aromatic heterocycles. The average Bonchev–Trinajstić information content (AvgIpc) is 2.46. The number of carbonyl (C=O) groups is 2. The SMILES string of the molecule is CC(C)CCCCC/C(C(=O)O)=C(\CCCCCC(C)C)C(=O)O.[NaH]. The summed E-state index contributed by atoms with van der Waals surface area (Å²) in [6.07, 6.45) is 8.54. The Bertz CT molecular complexity index is 376. The molecule has 0 spiro atoms. The van der Waals surface area contributed by atoms with E-state index in [9.17, 15) is 19.8 Å². The standard InChI is InChI=1S/C20H36O4.Na.H/c1-15(2)11-7-5-9-13-17(19(21)22)18(20(23)24)14-10-6-8-12-16(3)4;;/h15-16H,5-14H2,1-4H3,(H,21,22)(H,23,24);;/b18-17-;;. The van der Waals surface area contributed by atoms with Gasteiger partial charge in [-0.05, 0) is 37.5 Å². The fourth-order valence-corrected chi connectivity index (χ4v) is 2.84. The molecule has 0 aliphatic rings. The van der Waals surface area contributed by atoms with Crippen LogP contribution in [0.3, 0.4) is 0 Å². The van der Waals surface area contributed by atoms with Crippen LogP contribution >= 0.6 is 0 Å². The van der Waals surface area contributed by atoms with Crippen LogP contribution in [0.15, 0.2) is 11.1 Å². The molecule has 4 nitrogen and oxygen atoms in total. The van der Waals surface area contributed by atoms with E-state index >= 15 is 0 Å². The predicted octanol–water partition coefficient (Wildman–Crippen LogP) is 5.02. The quantitative estimate of drug-likeness (QED) is 0.258. The molecule has 0 bridgehead atoms. The molecule has 0 heterocycles. The normalized spacial score (nSPS) is 12.1. The maximum absolute atomic E-state index is 11.5. The number of unbranched alkanes of at least 4 members (excludes halogenated alkanes) is 4. The van der Waals surface area contributed by atoms with Gasteiger partial charge in [0.1, 0.15) is 0 Å². The fraction of sp³-hybridized carbons (Fsp3) is 0.800. The molecule has 0 unspecified atom stereocenters. The molecule has 0 aliphatic heterocycles. The summed E-state index contributed by atoms with van der Waals surface area (Å²) in [5, 5.41) is 18.8. The number of hydrogen-bond acceptors (Lipinski definition) is 2. The monoisotopic (exact) mass is 364 g/mol. The van der Waals surface area contributed by atoms with Crippen LogP contribution in [0.5, 0.6) is 0 Å². The van der Waals surface area contributed by atoms with Gasteiger partial charge in [-0.1, -0.05) is 66.2 Å². The topological polar surface area (TPSA) is 74.6 Å². The number of hydrogen-bond donors (Lipinski definition) is 2. The van der Waals surface area contributed by atoms with E-state index in [2.05, 4.69) is 27.7 Å². The van der Waals surface area contributed by atoms with Gasteiger partial charge in [0.2, 0.25) is 0 Å². The molecule has 0 aliphatic carbocycles. The minimum atomic E-state index is -1.07. The Kier molecular flexibility index (Phi) is 17.1. The van der Waals surface area contributed by atoms with Gasteiger partial charge in [-0.25, -0.2) is 9.59 Å². The van der Waals surface area contributed by atoms with Crippen LogP contribution in [0.2, 0.25) is 0 Å². The predicted molar refractivity (Wildman–Crippen MR) is 105 cm³/mol. The van der Waals surface area contributed by atoms with Gasteiger partial charge in [-0.3, -0.25) is 0 Å². The molecule has 0 amide bonds. The Morgan fingerprint density at radius 3 is 1.20 bits per heavy atom. The molecular formula is C20H37NaO4. The third-order valence-electron chi connectivity index (χ3n) is 4.30. The molecule has 5 heteroatoms. The number of carboxylic acid groups (broad SMARTS) is 2. The zero-order chi connectivity index (χ0) is 18.5. The Hall–Kier alpha value is -0.320. The van der Waals surface area contributed by atoms with E-state index in [1.165, 1.54) is 0 Å². The molecule has 0 saturated carbocycles. The number of aliphatic carboxylic acids is 2. The minimum absolute atomic E-state index is 0. The number of carboxylic acids is 2. The Morgan fingerprint density at radius 1 is 0.640 bits per heavy atom. The van der Waals surface area contributed by atoms with E-state index in [-0.39, 0.29) is 40.7 Å². The molecule has 25 heavy (non-hydrogen) atoms. The van der Waals surface area contributed by atoms with Crippen LogP contribution in [-0.4, -0.2) is 51.7 Å². The molecular weight excluding hydrogens is 327 g/mol. The van der Waals surface area contributed by atoms with Crippen molar-refractivity contribution in [1.82, 2.24) is 0 Å². The summed E-state index contributed by atoms with van der Waals surface area (Å²) in [4.78, 5) is 22.9. The summed E-state index contributed by atoms with van der Waals surface area (Å²) in [5.41, 5.74) is 0.215. The van der Waals surface area contributed by atoms with Crippen molar-refractivity contribution in [3.05, 3.63) is 11.1 Å². The van der Waals surface area contributed by atoms with Crippen molar-refractivity contribution in [2.75, 3.05) is 0 Å². The maximum atomic E-state index is 11.5. The van der Waals surface area contributed by atoms with Gasteiger partial charge in [-0.2, -0.15) is 0 Å². The van der Waals surface area contributed by atoms with Gasteiger partial charge < -0.3 is 10.2 Å². The van der Waals surface area contributed by atoms with Gasteiger partial charge in [-0.15, -0.1) is 0 Å². The second-order valence-corrected chi connectivity index (χ2v) is 7.55. The second-order valence-electron chi connectivity index (χ2n) is 7.55. The number of rotatable bonds is 14. The van der Waals surface area contributed by atoms with Gasteiger partial charge >= 0.3 is 41.5 Å². The zero-order valence-electron chi connectivity index (χ0n) is 15.9. The van der Waals surface area contributed by atoms with Gasteiger partial charge in [0.05, 0.1) is 0 Å². The van der Waals surface area contributed by atoms with E-state index in [1.807, 2.05) is 0 Å². The van der Waals surface area contributed by atoms with Crippen LogP contribution in [0, 0.1) is 11.8 Å². The summed E-state index contributed by atoms with van der Waals surface area (Å²) in [6.45, 7) is 8.68. The third kappa shape index (κ3) is 14.5. The summed E-state index contributed by atoms with van der Waals surface area (Å²) in [7, 11) is 0. The van der Waals surface area contributed by atoms with Crippen molar-refractivity contribution in [1.29, 1.82) is 0 Å². The molecule has 0 aromatic rings. The van der Waals surface area contributed by atoms with Gasteiger partial charge in [0, 0.05) is 11.1 Å². The molecule has 0 radical (unpaired) electrons. The van der Waals surface area contributed by atoms with E-state index in [4.69, 9.17) is 0 Å². The first kappa shape index (κ1) is 26.9. The van der Waals surface area contributed by atoms with E-state index in [0.717, 1.165) is 51.4 Å².